The van der Waals surface area contributed by atoms with Crippen LogP contribution in [-0.2, 0) is 0 Å². The molecule has 102 valence electrons. The van der Waals surface area contributed by atoms with Crippen LogP contribution >= 0.6 is 0 Å². The summed E-state index contributed by atoms with van der Waals surface area (Å²) in [4.78, 5) is 17.6. The fraction of sp³-hybridized carbons (Fsp3) is 0.400. The van der Waals surface area contributed by atoms with Crippen LogP contribution in [0.3, 0.4) is 0 Å². The molecule has 0 unspecified atom stereocenters. The van der Waals surface area contributed by atoms with Gasteiger partial charge in [0.25, 0.3) is 5.91 Å². The van der Waals surface area contributed by atoms with Crippen molar-refractivity contribution in [3.05, 3.63) is 30.0 Å². The Morgan fingerprint density at radius 3 is 2.58 bits per heavy atom. The van der Waals surface area contributed by atoms with Crippen molar-refractivity contribution in [2.24, 2.45) is 0 Å². The molecule has 0 aliphatic heterocycles. The van der Waals surface area contributed by atoms with E-state index in [1.807, 2.05) is 23.1 Å². The third-order valence-corrected chi connectivity index (χ3v) is 3.21. The summed E-state index contributed by atoms with van der Waals surface area (Å²) < 4.78 is 0. The molecule has 0 bridgehead atoms. The van der Waals surface area contributed by atoms with Gasteiger partial charge in [0.05, 0.1) is 5.56 Å². The van der Waals surface area contributed by atoms with Crippen LogP contribution in [-0.4, -0.2) is 28.9 Å². The minimum Gasteiger partial charge on any atom is -0.399 e. The number of hydrogen-bond acceptors (Lipinski definition) is 2. The maximum Gasteiger partial charge on any atom is 0.256 e. The Balaban J connectivity index is 2.36. The Labute approximate surface area is 113 Å². The second kappa shape index (κ2) is 5.78. The van der Waals surface area contributed by atoms with Crippen molar-refractivity contribution in [3.8, 4) is 0 Å². The highest BCUT2D eigenvalue weighted by atomic mass is 16.2. The Kier molecular flexibility index (Phi) is 4.10. The maximum atomic E-state index is 12.6. The lowest BCUT2D eigenvalue weighted by atomic mass is 10.1. The Bertz CT molecular complexity index is 568. The van der Waals surface area contributed by atoms with Gasteiger partial charge < -0.3 is 15.6 Å². The van der Waals surface area contributed by atoms with Gasteiger partial charge in [0, 0.05) is 35.9 Å². The van der Waals surface area contributed by atoms with Crippen LogP contribution in [0.25, 0.3) is 10.9 Å². The van der Waals surface area contributed by atoms with Crippen LogP contribution in [0.15, 0.2) is 24.4 Å². The molecule has 0 aliphatic rings. The van der Waals surface area contributed by atoms with Gasteiger partial charge in [0.15, 0.2) is 0 Å². The van der Waals surface area contributed by atoms with E-state index in [-0.39, 0.29) is 5.91 Å². The minimum atomic E-state index is 0.0838. The lowest BCUT2D eigenvalue weighted by Crippen LogP contribution is -2.32. The monoisotopic (exact) mass is 259 g/mol. The highest BCUT2D eigenvalue weighted by Gasteiger charge is 2.18. The highest BCUT2D eigenvalue weighted by molar-refractivity contribution is 6.07. The maximum absolute atomic E-state index is 12.6. The molecule has 0 fully saturated rings. The second-order valence-corrected chi connectivity index (χ2v) is 4.80. The number of nitrogen functional groups attached to an aromatic ring is 1. The number of nitrogens with one attached hydrogen (secondary N) is 1. The van der Waals surface area contributed by atoms with Crippen molar-refractivity contribution in [1.82, 2.24) is 9.88 Å². The third kappa shape index (κ3) is 2.72. The van der Waals surface area contributed by atoms with Gasteiger partial charge in [-0.05, 0) is 31.0 Å². The van der Waals surface area contributed by atoms with Crippen LogP contribution in [0.4, 0.5) is 5.69 Å². The molecule has 1 aromatic heterocycles. The zero-order chi connectivity index (χ0) is 13.8. The van der Waals surface area contributed by atoms with Gasteiger partial charge in [-0.2, -0.15) is 0 Å². The number of aromatic nitrogens is 1. The summed E-state index contributed by atoms with van der Waals surface area (Å²) in [6, 6.07) is 5.60. The molecule has 0 aliphatic carbocycles. The summed E-state index contributed by atoms with van der Waals surface area (Å²) in [7, 11) is 0. The van der Waals surface area contributed by atoms with Crippen molar-refractivity contribution in [3.63, 3.8) is 0 Å². The Hall–Kier alpha value is -1.97. The quantitative estimate of drug-likeness (QED) is 0.811. The van der Waals surface area contributed by atoms with Crippen LogP contribution in [0.1, 0.15) is 37.0 Å². The number of nitrogens with zero attached hydrogens (tertiary/aromatic N) is 1. The summed E-state index contributed by atoms with van der Waals surface area (Å²) in [5.41, 5.74) is 8.15. The van der Waals surface area contributed by atoms with E-state index >= 15 is 0 Å². The van der Waals surface area contributed by atoms with E-state index in [0.717, 1.165) is 36.8 Å². The molecule has 0 atom stereocenters. The third-order valence-electron chi connectivity index (χ3n) is 3.21. The summed E-state index contributed by atoms with van der Waals surface area (Å²) in [6.45, 7) is 5.76. The van der Waals surface area contributed by atoms with E-state index in [1.165, 1.54) is 0 Å². The van der Waals surface area contributed by atoms with Crippen molar-refractivity contribution in [1.29, 1.82) is 0 Å². The molecule has 0 spiro atoms. The molecule has 4 nitrogen and oxygen atoms in total. The molecule has 0 radical (unpaired) electrons. The molecule has 0 saturated carbocycles. The van der Waals surface area contributed by atoms with Gasteiger partial charge in [0.2, 0.25) is 0 Å². The first-order chi connectivity index (χ1) is 9.17. The molecular formula is C15H21N3O. The number of hydrogen-bond donors (Lipinski definition) is 2. The van der Waals surface area contributed by atoms with E-state index in [9.17, 15) is 4.79 Å². The SMILES string of the molecule is CCCN(CCC)C(=O)c1c[nH]c2ccc(N)cc12. The van der Waals surface area contributed by atoms with Gasteiger partial charge >= 0.3 is 0 Å². The summed E-state index contributed by atoms with van der Waals surface area (Å²) in [5, 5.41) is 0.905. The van der Waals surface area contributed by atoms with E-state index in [1.54, 1.807) is 6.20 Å². The lowest BCUT2D eigenvalue weighted by molar-refractivity contribution is 0.0757. The van der Waals surface area contributed by atoms with Gasteiger partial charge in [0.1, 0.15) is 0 Å². The molecule has 2 aromatic rings. The molecule has 1 heterocycles. The highest BCUT2D eigenvalue weighted by Crippen LogP contribution is 2.22. The first-order valence-electron chi connectivity index (χ1n) is 6.83. The number of benzene rings is 1. The number of fused-ring (bicyclic) bond motifs is 1. The molecule has 1 amide bonds. The van der Waals surface area contributed by atoms with Crippen molar-refractivity contribution < 1.29 is 4.79 Å². The van der Waals surface area contributed by atoms with Crippen LogP contribution in [0.5, 0.6) is 0 Å². The largest absolute Gasteiger partial charge is 0.399 e. The molecular weight excluding hydrogens is 238 g/mol. The molecule has 19 heavy (non-hydrogen) atoms. The molecule has 3 N–H and O–H groups in total. The van der Waals surface area contributed by atoms with Gasteiger partial charge in [-0.25, -0.2) is 0 Å². The van der Waals surface area contributed by atoms with Gasteiger partial charge in [-0.1, -0.05) is 13.8 Å². The number of anilines is 1. The average molecular weight is 259 g/mol. The molecule has 2 rings (SSSR count). The van der Waals surface area contributed by atoms with Crippen molar-refractivity contribution in [2.45, 2.75) is 26.7 Å². The summed E-state index contributed by atoms with van der Waals surface area (Å²) in [5.74, 6) is 0.0838. The smallest absolute Gasteiger partial charge is 0.256 e. The zero-order valence-electron chi connectivity index (χ0n) is 11.6. The number of aromatic amines is 1. The van der Waals surface area contributed by atoms with E-state index < -0.39 is 0 Å². The predicted octanol–water partition coefficient (Wildman–Crippen LogP) is 3.01. The van der Waals surface area contributed by atoms with Crippen LogP contribution < -0.4 is 5.73 Å². The van der Waals surface area contributed by atoms with Crippen molar-refractivity contribution >= 4 is 22.5 Å². The number of H-pyrrole nitrogens is 1. The first kappa shape index (κ1) is 13.5. The second-order valence-electron chi connectivity index (χ2n) is 4.80. The van der Waals surface area contributed by atoms with E-state index in [4.69, 9.17) is 5.73 Å². The fourth-order valence-electron chi connectivity index (χ4n) is 2.34. The van der Waals surface area contributed by atoms with E-state index in [0.29, 0.717) is 11.3 Å². The number of rotatable bonds is 5. The minimum absolute atomic E-state index is 0.0838. The molecule has 4 heteroatoms. The van der Waals surface area contributed by atoms with Gasteiger partial charge in [-0.15, -0.1) is 0 Å². The number of carbonyl (C=O) groups is 1. The average Bonchev–Trinajstić information content (AvgIpc) is 2.80. The molecule has 1 aromatic carbocycles. The van der Waals surface area contributed by atoms with Crippen LogP contribution in [0.2, 0.25) is 0 Å². The molecule has 0 saturated heterocycles. The first-order valence-corrected chi connectivity index (χ1v) is 6.83. The topological polar surface area (TPSA) is 62.1 Å². The Morgan fingerprint density at radius 2 is 1.95 bits per heavy atom. The van der Waals surface area contributed by atoms with E-state index in [2.05, 4.69) is 18.8 Å². The van der Waals surface area contributed by atoms with Crippen LogP contribution in [0, 0.1) is 0 Å². The Morgan fingerprint density at radius 1 is 1.26 bits per heavy atom. The summed E-state index contributed by atoms with van der Waals surface area (Å²) in [6.07, 6.45) is 3.72. The standard InChI is InChI=1S/C15H21N3O/c1-3-7-18(8-4-2)15(19)13-10-17-14-6-5-11(16)9-12(13)14/h5-6,9-10,17H,3-4,7-8,16H2,1-2H3. The number of amides is 1. The number of carbonyl (C=O) groups excluding carboxylic acids is 1. The summed E-state index contributed by atoms with van der Waals surface area (Å²) >= 11 is 0. The fourth-order valence-corrected chi connectivity index (χ4v) is 2.34. The number of nitrogens with two attached hydrogens (primary N) is 1. The lowest BCUT2D eigenvalue weighted by Gasteiger charge is -2.21. The van der Waals surface area contributed by atoms with Crippen molar-refractivity contribution in [2.75, 3.05) is 18.8 Å². The normalized spacial score (nSPS) is 10.8. The van der Waals surface area contributed by atoms with Gasteiger partial charge in [-0.3, -0.25) is 4.79 Å². The predicted molar refractivity (Wildman–Crippen MR) is 79.2 cm³/mol. The zero-order valence-corrected chi connectivity index (χ0v) is 11.6.